The molecule has 0 aliphatic carbocycles. The molecule has 1 aliphatic heterocycles. The van der Waals surface area contributed by atoms with Gasteiger partial charge < -0.3 is 4.90 Å². The maximum Gasteiger partial charge on any atom is 0.240 e. The molecule has 0 aromatic heterocycles. The van der Waals surface area contributed by atoms with Gasteiger partial charge in [0.05, 0.1) is 4.90 Å². The molecule has 2 aromatic rings. The van der Waals surface area contributed by atoms with Gasteiger partial charge in [0.1, 0.15) is 0 Å². The Balaban J connectivity index is 1.47. The Hall–Kier alpha value is -1.37. The first-order valence-electron chi connectivity index (χ1n) is 8.64. The molecule has 1 saturated heterocycles. The summed E-state index contributed by atoms with van der Waals surface area (Å²) in [6, 6.07) is 15.3. The maximum atomic E-state index is 12.2. The first kappa shape index (κ1) is 18.4. The van der Waals surface area contributed by atoms with E-state index in [0.29, 0.717) is 11.4 Å². The van der Waals surface area contributed by atoms with E-state index in [1.807, 2.05) is 0 Å². The second-order valence-corrected chi connectivity index (χ2v) is 9.00. The second kappa shape index (κ2) is 8.34. The fourth-order valence-corrected chi connectivity index (χ4v) is 4.38. The van der Waals surface area contributed by atoms with Crippen molar-refractivity contribution in [2.24, 2.45) is 0 Å². The van der Waals surface area contributed by atoms with Crippen LogP contribution in [0.2, 0.25) is 0 Å². The van der Waals surface area contributed by atoms with Crippen LogP contribution in [-0.2, 0) is 16.4 Å². The summed E-state index contributed by atoms with van der Waals surface area (Å²) in [6.07, 6.45) is 4.20. The number of sulfonamides is 1. The third kappa shape index (κ3) is 5.06. The van der Waals surface area contributed by atoms with Crippen molar-refractivity contribution in [3.63, 3.8) is 0 Å². The van der Waals surface area contributed by atoms with E-state index in [0.717, 1.165) is 30.4 Å². The van der Waals surface area contributed by atoms with Gasteiger partial charge in [0, 0.05) is 29.8 Å². The molecule has 1 aliphatic rings. The fraction of sp³-hybridized carbons (Fsp3) is 0.368. The van der Waals surface area contributed by atoms with Crippen LogP contribution in [0.3, 0.4) is 0 Å². The Labute approximate surface area is 158 Å². The minimum Gasteiger partial charge on any atom is -0.372 e. The third-order valence-corrected chi connectivity index (χ3v) is 6.47. The quantitative estimate of drug-likeness (QED) is 0.686. The molecule has 0 radical (unpaired) electrons. The lowest BCUT2D eigenvalue weighted by Crippen LogP contribution is -2.25. The Morgan fingerprint density at radius 2 is 1.60 bits per heavy atom. The van der Waals surface area contributed by atoms with Gasteiger partial charge in [0.2, 0.25) is 10.0 Å². The van der Waals surface area contributed by atoms with Gasteiger partial charge in [-0.2, -0.15) is 0 Å². The molecule has 2 aromatic carbocycles. The van der Waals surface area contributed by atoms with Crippen LogP contribution in [0.5, 0.6) is 0 Å². The van der Waals surface area contributed by atoms with Gasteiger partial charge in [-0.3, -0.25) is 0 Å². The van der Waals surface area contributed by atoms with E-state index in [2.05, 4.69) is 49.8 Å². The summed E-state index contributed by atoms with van der Waals surface area (Å²) in [5.74, 6) is 0. The predicted molar refractivity (Wildman–Crippen MR) is 106 cm³/mol. The zero-order valence-corrected chi connectivity index (χ0v) is 16.5. The number of hydrogen-bond acceptors (Lipinski definition) is 3. The molecule has 0 bridgehead atoms. The van der Waals surface area contributed by atoms with Crippen LogP contribution in [0.4, 0.5) is 5.69 Å². The fourth-order valence-electron chi connectivity index (χ4n) is 3.04. The van der Waals surface area contributed by atoms with E-state index >= 15 is 0 Å². The summed E-state index contributed by atoms with van der Waals surface area (Å²) in [7, 11) is -3.43. The Bertz CT molecular complexity index is 783. The topological polar surface area (TPSA) is 49.4 Å². The van der Waals surface area contributed by atoms with Crippen molar-refractivity contribution in [3.8, 4) is 0 Å². The smallest absolute Gasteiger partial charge is 0.240 e. The van der Waals surface area contributed by atoms with E-state index in [1.165, 1.54) is 24.1 Å². The van der Waals surface area contributed by atoms with Gasteiger partial charge >= 0.3 is 0 Å². The molecule has 1 N–H and O–H groups in total. The van der Waals surface area contributed by atoms with Crippen LogP contribution < -0.4 is 9.62 Å². The summed E-state index contributed by atoms with van der Waals surface area (Å²) < 4.78 is 28.0. The Morgan fingerprint density at radius 3 is 2.24 bits per heavy atom. The molecule has 6 heteroatoms. The van der Waals surface area contributed by atoms with Crippen molar-refractivity contribution in [1.82, 2.24) is 4.72 Å². The van der Waals surface area contributed by atoms with Gasteiger partial charge in [-0.25, -0.2) is 13.1 Å². The number of halogens is 1. The lowest BCUT2D eigenvalue weighted by atomic mass is 10.1. The Morgan fingerprint density at radius 1 is 0.960 bits per heavy atom. The zero-order valence-electron chi connectivity index (χ0n) is 14.1. The molecule has 4 nitrogen and oxygen atoms in total. The number of rotatable bonds is 7. The van der Waals surface area contributed by atoms with E-state index in [-0.39, 0.29) is 0 Å². The first-order valence-corrected chi connectivity index (χ1v) is 10.9. The average molecular weight is 423 g/mol. The molecule has 0 amide bonds. The van der Waals surface area contributed by atoms with Crippen molar-refractivity contribution in [3.05, 3.63) is 58.6 Å². The van der Waals surface area contributed by atoms with Crippen LogP contribution in [-0.4, -0.2) is 28.1 Å². The van der Waals surface area contributed by atoms with E-state index < -0.39 is 10.0 Å². The number of aryl methyl sites for hydroxylation is 1. The molecular weight excluding hydrogens is 400 g/mol. The molecule has 25 heavy (non-hydrogen) atoms. The number of benzene rings is 2. The van der Waals surface area contributed by atoms with Crippen LogP contribution in [0, 0.1) is 0 Å². The summed E-state index contributed by atoms with van der Waals surface area (Å²) in [5.41, 5.74) is 2.53. The highest BCUT2D eigenvalue weighted by atomic mass is 79.9. The van der Waals surface area contributed by atoms with Gasteiger partial charge in [0.15, 0.2) is 0 Å². The molecule has 134 valence electrons. The number of anilines is 1. The molecule has 1 heterocycles. The van der Waals surface area contributed by atoms with Gasteiger partial charge in [-0.05, 0) is 67.6 Å². The lowest BCUT2D eigenvalue weighted by Gasteiger charge is -2.17. The van der Waals surface area contributed by atoms with Gasteiger partial charge in [-0.15, -0.1) is 0 Å². The van der Waals surface area contributed by atoms with E-state index in [9.17, 15) is 8.42 Å². The highest BCUT2D eigenvalue weighted by Crippen LogP contribution is 2.21. The molecule has 3 rings (SSSR count). The molecule has 0 atom stereocenters. The highest BCUT2D eigenvalue weighted by molar-refractivity contribution is 9.10. The minimum absolute atomic E-state index is 0.297. The third-order valence-electron chi connectivity index (χ3n) is 4.47. The normalized spacial score (nSPS) is 14.8. The molecule has 0 spiro atoms. The number of hydrogen-bond donors (Lipinski definition) is 1. The molecule has 0 saturated carbocycles. The van der Waals surface area contributed by atoms with E-state index in [4.69, 9.17) is 0 Å². The standard InChI is InChI=1S/C19H23BrN2O2S/c20-17-7-11-19(12-8-17)25(23,24)21-13-3-4-16-5-9-18(10-6-16)22-14-1-2-15-22/h5-12,21H,1-4,13-15H2. The first-order chi connectivity index (χ1) is 12.0. The van der Waals surface area contributed by atoms with Crippen molar-refractivity contribution < 1.29 is 8.42 Å². The zero-order chi connectivity index (χ0) is 17.7. The SMILES string of the molecule is O=S(=O)(NCCCc1ccc(N2CCCC2)cc1)c1ccc(Br)cc1. The van der Waals surface area contributed by atoms with Gasteiger partial charge in [-0.1, -0.05) is 28.1 Å². The van der Waals surface area contributed by atoms with Crippen molar-refractivity contribution >= 4 is 31.6 Å². The Kier molecular flexibility index (Phi) is 6.15. The van der Waals surface area contributed by atoms with Crippen LogP contribution >= 0.6 is 15.9 Å². The maximum absolute atomic E-state index is 12.2. The van der Waals surface area contributed by atoms with E-state index in [1.54, 1.807) is 24.3 Å². The predicted octanol–water partition coefficient (Wildman–Crippen LogP) is 3.96. The van der Waals surface area contributed by atoms with Crippen LogP contribution in [0.15, 0.2) is 57.9 Å². The van der Waals surface area contributed by atoms with Crippen molar-refractivity contribution in [2.75, 3.05) is 24.5 Å². The van der Waals surface area contributed by atoms with Crippen LogP contribution in [0.25, 0.3) is 0 Å². The van der Waals surface area contributed by atoms with Crippen molar-refractivity contribution in [2.45, 2.75) is 30.6 Å². The lowest BCUT2D eigenvalue weighted by molar-refractivity contribution is 0.579. The second-order valence-electron chi connectivity index (χ2n) is 6.32. The summed E-state index contributed by atoms with van der Waals surface area (Å²) in [5, 5.41) is 0. The average Bonchev–Trinajstić information content (AvgIpc) is 3.14. The summed E-state index contributed by atoms with van der Waals surface area (Å²) in [4.78, 5) is 2.71. The summed E-state index contributed by atoms with van der Waals surface area (Å²) in [6.45, 7) is 2.74. The minimum atomic E-state index is -3.43. The van der Waals surface area contributed by atoms with Crippen molar-refractivity contribution in [1.29, 1.82) is 0 Å². The molecule has 0 unspecified atom stereocenters. The van der Waals surface area contributed by atoms with Crippen LogP contribution in [0.1, 0.15) is 24.8 Å². The number of nitrogens with zero attached hydrogens (tertiary/aromatic N) is 1. The highest BCUT2D eigenvalue weighted by Gasteiger charge is 2.13. The molecular formula is C19H23BrN2O2S. The summed E-state index contributed by atoms with van der Waals surface area (Å²) >= 11 is 3.31. The number of nitrogens with one attached hydrogen (secondary N) is 1. The molecule has 1 fully saturated rings. The monoisotopic (exact) mass is 422 g/mol. The largest absolute Gasteiger partial charge is 0.372 e. The van der Waals surface area contributed by atoms with Gasteiger partial charge in [0.25, 0.3) is 0 Å².